The molecule has 1 aliphatic carbocycles. The summed E-state index contributed by atoms with van der Waals surface area (Å²) >= 11 is 5.03. The van der Waals surface area contributed by atoms with Gasteiger partial charge in [0, 0.05) is 27.3 Å². The second kappa shape index (κ2) is 4.92. The van der Waals surface area contributed by atoms with Crippen LogP contribution in [0.25, 0.3) is 22.8 Å². The molecule has 1 aliphatic rings. The summed E-state index contributed by atoms with van der Waals surface area (Å²) in [6.45, 7) is 0. The van der Waals surface area contributed by atoms with Crippen LogP contribution in [0.5, 0.6) is 0 Å². The van der Waals surface area contributed by atoms with Crippen molar-refractivity contribution in [2.45, 2.75) is 19.3 Å². The van der Waals surface area contributed by atoms with Crippen molar-refractivity contribution in [1.82, 2.24) is 15.1 Å². The smallest absolute Gasteiger partial charge is 0.261 e. The van der Waals surface area contributed by atoms with Crippen LogP contribution in [0.1, 0.15) is 16.9 Å². The first kappa shape index (κ1) is 13.0. The standard InChI is InChI=1S/C14H11BrN4OS/c15-8-4-7(5-17-6-8)13-18-14(20-19-13)11-9-2-1-3-10(9)21-12(11)16/h4-6H,1-3,16H2. The minimum Gasteiger partial charge on any atom is -0.390 e. The van der Waals surface area contributed by atoms with Gasteiger partial charge in [-0.3, -0.25) is 4.98 Å². The van der Waals surface area contributed by atoms with Crippen molar-refractivity contribution in [3.8, 4) is 22.8 Å². The van der Waals surface area contributed by atoms with E-state index in [1.165, 1.54) is 16.9 Å². The topological polar surface area (TPSA) is 77.8 Å². The minimum absolute atomic E-state index is 0.502. The molecular formula is C14H11BrN4OS. The zero-order valence-electron chi connectivity index (χ0n) is 11.0. The molecular weight excluding hydrogens is 352 g/mol. The number of halogens is 1. The number of hydrogen-bond acceptors (Lipinski definition) is 6. The van der Waals surface area contributed by atoms with Crippen molar-refractivity contribution in [2.75, 3.05) is 5.73 Å². The first-order valence-electron chi connectivity index (χ1n) is 6.57. The lowest BCUT2D eigenvalue weighted by molar-refractivity contribution is 0.432. The third-order valence-electron chi connectivity index (χ3n) is 3.55. The quantitative estimate of drug-likeness (QED) is 0.751. The van der Waals surface area contributed by atoms with Gasteiger partial charge in [-0.05, 0) is 46.8 Å². The van der Waals surface area contributed by atoms with Gasteiger partial charge in [-0.15, -0.1) is 11.3 Å². The van der Waals surface area contributed by atoms with Gasteiger partial charge in [0.2, 0.25) is 5.82 Å². The van der Waals surface area contributed by atoms with E-state index in [1.54, 1.807) is 23.7 Å². The molecule has 0 bridgehead atoms. The lowest BCUT2D eigenvalue weighted by Crippen LogP contribution is -1.89. The predicted octanol–water partition coefficient (Wildman–Crippen LogP) is 3.69. The molecule has 3 aromatic rings. The van der Waals surface area contributed by atoms with Crippen LogP contribution in [-0.4, -0.2) is 15.1 Å². The lowest BCUT2D eigenvalue weighted by atomic mass is 10.1. The number of thiophene rings is 1. The van der Waals surface area contributed by atoms with Crippen LogP contribution in [-0.2, 0) is 12.8 Å². The molecule has 5 nitrogen and oxygen atoms in total. The van der Waals surface area contributed by atoms with Crippen molar-refractivity contribution < 1.29 is 4.52 Å². The fourth-order valence-corrected chi connectivity index (χ4v) is 4.15. The molecule has 0 unspecified atom stereocenters. The number of nitrogen functional groups attached to an aromatic ring is 1. The molecule has 3 aromatic heterocycles. The van der Waals surface area contributed by atoms with Crippen LogP contribution in [0.4, 0.5) is 5.00 Å². The Morgan fingerprint density at radius 3 is 3.05 bits per heavy atom. The Morgan fingerprint density at radius 1 is 1.29 bits per heavy atom. The molecule has 0 spiro atoms. The van der Waals surface area contributed by atoms with Crippen LogP contribution in [0.2, 0.25) is 0 Å². The first-order chi connectivity index (χ1) is 10.2. The molecule has 0 atom stereocenters. The van der Waals surface area contributed by atoms with Gasteiger partial charge in [0.1, 0.15) is 0 Å². The van der Waals surface area contributed by atoms with E-state index >= 15 is 0 Å². The number of nitrogens with zero attached hydrogens (tertiary/aromatic N) is 3. The number of aryl methyl sites for hydroxylation is 1. The Labute approximate surface area is 133 Å². The zero-order chi connectivity index (χ0) is 14.4. The number of fused-ring (bicyclic) bond motifs is 1. The van der Waals surface area contributed by atoms with Crippen LogP contribution in [0.3, 0.4) is 0 Å². The number of anilines is 1. The van der Waals surface area contributed by atoms with Gasteiger partial charge in [-0.1, -0.05) is 5.16 Å². The summed E-state index contributed by atoms with van der Waals surface area (Å²) in [7, 11) is 0. The summed E-state index contributed by atoms with van der Waals surface area (Å²) < 4.78 is 6.31. The van der Waals surface area contributed by atoms with Crippen LogP contribution >= 0.6 is 27.3 Å². The molecule has 21 heavy (non-hydrogen) atoms. The molecule has 0 saturated carbocycles. The van der Waals surface area contributed by atoms with Gasteiger partial charge >= 0.3 is 0 Å². The van der Waals surface area contributed by atoms with E-state index in [4.69, 9.17) is 10.3 Å². The summed E-state index contributed by atoms with van der Waals surface area (Å²) in [6, 6.07) is 1.91. The van der Waals surface area contributed by atoms with E-state index in [9.17, 15) is 0 Å². The Hall–Kier alpha value is -1.73. The SMILES string of the molecule is Nc1sc2c(c1-c1nc(-c3cncc(Br)c3)no1)CCC2. The van der Waals surface area contributed by atoms with E-state index in [1.807, 2.05) is 6.07 Å². The lowest BCUT2D eigenvalue weighted by Gasteiger charge is -1.96. The molecule has 3 heterocycles. The average molecular weight is 363 g/mol. The van der Waals surface area contributed by atoms with Crippen LogP contribution < -0.4 is 5.73 Å². The predicted molar refractivity (Wildman–Crippen MR) is 85.0 cm³/mol. The second-order valence-corrected chi connectivity index (χ2v) is 6.96. The highest BCUT2D eigenvalue weighted by Gasteiger charge is 2.25. The number of rotatable bonds is 2. The number of aromatic nitrogens is 3. The highest BCUT2D eigenvalue weighted by molar-refractivity contribution is 9.10. The maximum Gasteiger partial charge on any atom is 0.261 e. The van der Waals surface area contributed by atoms with E-state index in [0.717, 1.165) is 33.4 Å². The normalized spacial score (nSPS) is 13.6. The van der Waals surface area contributed by atoms with Crippen LogP contribution in [0.15, 0.2) is 27.5 Å². The number of hydrogen-bond donors (Lipinski definition) is 1. The number of pyridine rings is 1. The third-order valence-corrected chi connectivity index (χ3v) is 5.11. The Bertz CT molecular complexity index is 826. The average Bonchev–Trinajstić information content (AvgIpc) is 3.14. The minimum atomic E-state index is 0.502. The molecule has 0 radical (unpaired) electrons. The number of nitrogens with two attached hydrogens (primary N) is 1. The van der Waals surface area contributed by atoms with Crippen LogP contribution in [0, 0.1) is 0 Å². The molecule has 0 amide bonds. The Balaban J connectivity index is 1.79. The van der Waals surface area contributed by atoms with Gasteiger partial charge in [-0.2, -0.15) is 4.98 Å². The summed E-state index contributed by atoms with van der Waals surface area (Å²) in [4.78, 5) is 9.96. The molecule has 0 aromatic carbocycles. The van der Waals surface area contributed by atoms with Gasteiger partial charge in [-0.25, -0.2) is 0 Å². The van der Waals surface area contributed by atoms with Crippen molar-refractivity contribution in [2.24, 2.45) is 0 Å². The monoisotopic (exact) mass is 362 g/mol. The van der Waals surface area contributed by atoms with Gasteiger partial charge < -0.3 is 10.3 Å². The van der Waals surface area contributed by atoms with E-state index in [2.05, 4.69) is 31.1 Å². The Morgan fingerprint density at radius 2 is 2.19 bits per heavy atom. The van der Waals surface area contributed by atoms with E-state index < -0.39 is 0 Å². The molecule has 4 rings (SSSR count). The first-order valence-corrected chi connectivity index (χ1v) is 8.18. The largest absolute Gasteiger partial charge is 0.390 e. The molecule has 0 fully saturated rings. The van der Waals surface area contributed by atoms with Crippen molar-refractivity contribution in [1.29, 1.82) is 0 Å². The summed E-state index contributed by atoms with van der Waals surface area (Å²) in [5.74, 6) is 1.03. The maximum absolute atomic E-state index is 6.13. The van der Waals surface area contributed by atoms with Crippen molar-refractivity contribution in [3.63, 3.8) is 0 Å². The molecule has 2 N–H and O–H groups in total. The fraction of sp³-hybridized carbons (Fsp3) is 0.214. The van der Waals surface area contributed by atoms with Crippen molar-refractivity contribution in [3.05, 3.63) is 33.4 Å². The maximum atomic E-state index is 6.13. The summed E-state index contributed by atoms with van der Waals surface area (Å²) in [5.41, 5.74) is 9.14. The molecule has 0 aliphatic heterocycles. The van der Waals surface area contributed by atoms with E-state index in [-0.39, 0.29) is 0 Å². The molecule has 106 valence electrons. The molecule has 0 saturated heterocycles. The second-order valence-electron chi connectivity index (χ2n) is 4.91. The van der Waals surface area contributed by atoms with Gasteiger partial charge in [0.25, 0.3) is 5.89 Å². The van der Waals surface area contributed by atoms with Gasteiger partial charge in [0.15, 0.2) is 0 Å². The molecule has 7 heteroatoms. The highest BCUT2D eigenvalue weighted by atomic mass is 79.9. The summed E-state index contributed by atoms with van der Waals surface area (Å²) in [5, 5.41) is 4.82. The van der Waals surface area contributed by atoms with E-state index in [0.29, 0.717) is 11.7 Å². The van der Waals surface area contributed by atoms with Gasteiger partial charge in [0.05, 0.1) is 10.6 Å². The van der Waals surface area contributed by atoms with Crippen molar-refractivity contribution >= 4 is 32.3 Å². The fourth-order valence-electron chi connectivity index (χ4n) is 2.64. The third kappa shape index (κ3) is 2.16. The highest BCUT2D eigenvalue weighted by Crippen LogP contribution is 2.43. The Kier molecular flexibility index (Phi) is 3.04. The summed E-state index contributed by atoms with van der Waals surface area (Å²) in [6.07, 6.45) is 6.73. The zero-order valence-corrected chi connectivity index (χ0v) is 13.4.